The van der Waals surface area contributed by atoms with Crippen LogP contribution in [0.3, 0.4) is 0 Å². The maximum atomic E-state index is 13.3. The number of carbonyl (C=O) groups excluding carboxylic acids is 2. The number of aliphatic hydroxyl groups is 1. The Labute approximate surface area is 168 Å². The molecule has 6 nitrogen and oxygen atoms in total. The molecule has 0 saturated carbocycles. The number of nitrogens with zero attached hydrogens (tertiary/aromatic N) is 2. The molecule has 2 N–H and O–H groups in total. The van der Waals surface area contributed by atoms with Crippen molar-refractivity contribution in [2.75, 3.05) is 6.54 Å². The van der Waals surface area contributed by atoms with Gasteiger partial charge in [0.25, 0.3) is 5.91 Å². The summed E-state index contributed by atoms with van der Waals surface area (Å²) >= 11 is 1.26. The number of phenolic OH excluding ortho intramolecular Hbond substituents is 1. The maximum Gasteiger partial charge on any atom is 0.290 e. The lowest BCUT2D eigenvalue weighted by Gasteiger charge is -2.26. The van der Waals surface area contributed by atoms with Crippen molar-refractivity contribution in [3.05, 3.63) is 56.7 Å². The lowest BCUT2D eigenvalue weighted by Crippen LogP contribution is -2.32. The summed E-state index contributed by atoms with van der Waals surface area (Å²) in [5.74, 6) is -1.30. The van der Waals surface area contributed by atoms with E-state index in [1.807, 2.05) is 6.92 Å². The number of ketones is 1. The summed E-state index contributed by atoms with van der Waals surface area (Å²) < 4.78 is 0. The van der Waals surface area contributed by atoms with Crippen LogP contribution in [0, 0.1) is 13.8 Å². The molecule has 1 aromatic carbocycles. The van der Waals surface area contributed by atoms with E-state index in [1.165, 1.54) is 23.5 Å². The maximum absolute atomic E-state index is 13.3. The zero-order chi connectivity index (χ0) is 20.4. The Morgan fingerprint density at radius 3 is 2.43 bits per heavy atom. The second-order valence-electron chi connectivity index (χ2n) is 6.94. The number of Topliss-reactive ketones (excluding diaryl/α,β-unsaturated/α-hetero) is 1. The molecule has 0 saturated heterocycles. The molecular weight excluding hydrogens is 376 g/mol. The molecule has 3 rings (SSSR count). The number of amides is 1. The number of hydrogen-bond donors (Lipinski definition) is 2. The molecule has 0 bridgehead atoms. The Balaban J connectivity index is 2.06. The van der Waals surface area contributed by atoms with Crippen LogP contribution in [0.1, 0.15) is 58.2 Å². The first kappa shape index (κ1) is 20.1. The third-order valence-electron chi connectivity index (χ3n) is 4.87. The molecule has 7 heteroatoms. The monoisotopic (exact) mass is 400 g/mol. The minimum atomic E-state index is -0.681. The Hall–Kier alpha value is -2.67. The largest absolute Gasteiger partial charge is 0.508 e. The molecule has 0 fully saturated rings. The highest BCUT2D eigenvalue weighted by Crippen LogP contribution is 2.40. The lowest BCUT2D eigenvalue weighted by atomic mass is 9.95. The van der Waals surface area contributed by atoms with Gasteiger partial charge in [-0.3, -0.25) is 9.59 Å². The van der Waals surface area contributed by atoms with E-state index in [-0.39, 0.29) is 17.1 Å². The lowest BCUT2D eigenvalue weighted by molar-refractivity contribution is -0.129. The number of rotatable bonds is 7. The molecule has 1 unspecified atom stereocenters. The molecule has 0 spiro atoms. The number of unbranched alkanes of at least 4 members (excludes halogenated alkanes) is 2. The van der Waals surface area contributed by atoms with Crippen LogP contribution < -0.4 is 0 Å². The summed E-state index contributed by atoms with van der Waals surface area (Å²) in [6, 6.07) is 5.71. The first-order chi connectivity index (χ1) is 13.3. The molecular formula is C21H24N2O4S. The van der Waals surface area contributed by atoms with Gasteiger partial charge in [0.05, 0.1) is 27.2 Å². The van der Waals surface area contributed by atoms with Gasteiger partial charge in [-0.25, -0.2) is 4.98 Å². The van der Waals surface area contributed by atoms with Crippen LogP contribution in [0.5, 0.6) is 5.75 Å². The average Bonchev–Trinajstić information content (AvgIpc) is 3.13. The van der Waals surface area contributed by atoms with Crippen LogP contribution in [-0.4, -0.2) is 38.3 Å². The highest BCUT2D eigenvalue weighted by molar-refractivity contribution is 7.14. The van der Waals surface area contributed by atoms with Crippen molar-refractivity contribution in [1.29, 1.82) is 0 Å². The third-order valence-corrected chi connectivity index (χ3v) is 5.94. The molecule has 28 heavy (non-hydrogen) atoms. The molecule has 148 valence electrons. The first-order valence-electron chi connectivity index (χ1n) is 9.36. The minimum Gasteiger partial charge on any atom is -0.508 e. The van der Waals surface area contributed by atoms with Crippen LogP contribution in [-0.2, 0) is 4.79 Å². The number of benzene rings is 1. The third kappa shape index (κ3) is 3.67. The van der Waals surface area contributed by atoms with Gasteiger partial charge in [0, 0.05) is 6.54 Å². The summed E-state index contributed by atoms with van der Waals surface area (Å²) in [5.41, 5.74) is 1.35. The first-order valence-corrected chi connectivity index (χ1v) is 10.2. The zero-order valence-electron chi connectivity index (χ0n) is 16.2. The number of thiazole rings is 1. The number of aromatic hydroxyl groups is 1. The van der Waals surface area contributed by atoms with Gasteiger partial charge in [-0.1, -0.05) is 31.9 Å². The molecule has 1 aromatic heterocycles. The predicted octanol–water partition coefficient (Wildman–Crippen LogP) is 4.23. The van der Waals surface area contributed by atoms with E-state index in [1.54, 1.807) is 24.0 Å². The number of phenols is 1. The number of aromatic nitrogens is 1. The van der Waals surface area contributed by atoms with Crippen molar-refractivity contribution >= 4 is 23.0 Å². The molecule has 2 heterocycles. The standard InChI is InChI=1S/C21H24N2O4S/c1-4-5-6-11-23-17(14-7-9-15(24)10-8-14)16(19(26)21(23)27)18(25)20-12(2)22-13(3)28-20/h7-10,17,24,26H,4-6,11H2,1-3H3. The molecule has 2 aromatic rings. The van der Waals surface area contributed by atoms with Gasteiger partial charge in [0.1, 0.15) is 5.75 Å². The van der Waals surface area contributed by atoms with Crippen LogP contribution in [0.15, 0.2) is 35.6 Å². The van der Waals surface area contributed by atoms with E-state index >= 15 is 0 Å². The van der Waals surface area contributed by atoms with Gasteiger partial charge in [-0.05, 0) is 38.0 Å². The summed E-state index contributed by atoms with van der Waals surface area (Å²) in [7, 11) is 0. The number of hydrogen-bond acceptors (Lipinski definition) is 6. The molecule has 1 aliphatic heterocycles. The molecule has 0 aliphatic carbocycles. The summed E-state index contributed by atoms with van der Waals surface area (Å²) in [5, 5.41) is 21.0. The molecule has 1 amide bonds. The van der Waals surface area contributed by atoms with E-state index in [4.69, 9.17) is 0 Å². The minimum absolute atomic E-state index is 0.0824. The second kappa shape index (κ2) is 8.14. The topological polar surface area (TPSA) is 90.7 Å². The van der Waals surface area contributed by atoms with Crippen LogP contribution >= 0.6 is 11.3 Å². The quantitative estimate of drug-likeness (QED) is 0.536. The van der Waals surface area contributed by atoms with Crippen molar-refractivity contribution in [1.82, 2.24) is 9.88 Å². The van der Waals surface area contributed by atoms with E-state index in [0.29, 0.717) is 22.7 Å². The van der Waals surface area contributed by atoms with Crippen molar-refractivity contribution in [2.24, 2.45) is 0 Å². The average molecular weight is 401 g/mol. The van der Waals surface area contributed by atoms with Gasteiger partial charge in [-0.2, -0.15) is 0 Å². The van der Waals surface area contributed by atoms with Crippen molar-refractivity contribution < 1.29 is 19.8 Å². The summed E-state index contributed by atoms with van der Waals surface area (Å²) in [6.07, 6.45) is 2.73. The number of aryl methyl sites for hydroxylation is 2. The van der Waals surface area contributed by atoms with Crippen molar-refractivity contribution in [2.45, 2.75) is 46.1 Å². The van der Waals surface area contributed by atoms with Crippen LogP contribution in [0.2, 0.25) is 0 Å². The Morgan fingerprint density at radius 1 is 1.18 bits per heavy atom. The van der Waals surface area contributed by atoms with E-state index < -0.39 is 17.7 Å². The molecule has 1 aliphatic rings. The fourth-order valence-electron chi connectivity index (χ4n) is 3.52. The fourth-order valence-corrected chi connectivity index (χ4v) is 4.39. The van der Waals surface area contributed by atoms with Gasteiger partial charge in [0.15, 0.2) is 5.76 Å². The Bertz CT molecular complexity index is 930. The summed E-state index contributed by atoms with van der Waals surface area (Å²) in [6.45, 7) is 6.08. The fraction of sp³-hybridized carbons (Fsp3) is 0.381. The van der Waals surface area contributed by atoms with Crippen molar-refractivity contribution in [3.63, 3.8) is 0 Å². The van der Waals surface area contributed by atoms with Crippen molar-refractivity contribution in [3.8, 4) is 5.75 Å². The zero-order valence-corrected chi connectivity index (χ0v) is 17.0. The van der Waals surface area contributed by atoms with E-state index in [0.717, 1.165) is 24.3 Å². The number of carbonyl (C=O) groups is 2. The van der Waals surface area contributed by atoms with Gasteiger partial charge >= 0.3 is 0 Å². The Morgan fingerprint density at radius 2 is 1.86 bits per heavy atom. The van der Waals surface area contributed by atoms with Gasteiger partial charge < -0.3 is 15.1 Å². The Kier molecular flexibility index (Phi) is 5.84. The predicted molar refractivity (Wildman–Crippen MR) is 108 cm³/mol. The molecule has 1 atom stereocenters. The number of aliphatic hydroxyl groups excluding tert-OH is 1. The summed E-state index contributed by atoms with van der Waals surface area (Å²) in [4.78, 5) is 32.4. The highest BCUT2D eigenvalue weighted by Gasteiger charge is 2.44. The normalized spacial score (nSPS) is 16.9. The van der Waals surface area contributed by atoms with Gasteiger partial charge in [0.2, 0.25) is 5.78 Å². The van der Waals surface area contributed by atoms with E-state index in [9.17, 15) is 19.8 Å². The molecule has 0 radical (unpaired) electrons. The van der Waals surface area contributed by atoms with Gasteiger partial charge in [-0.15, -0.1) is 11.3 Å². The second-order valence-corrected chi connectivity index (χ2v) is 8.14. The highest BCUT2D eigenvalue weighted by atomic mass is 32.1. The smallest absolute Gasteiger partial charge is 0.290 e. The van der Waals surface area contributed by atoms with E-state index in [2.05, 4.69) is 11.9 Å². The van der Waals surface area contributed by atoms with Crippen LogP contribution in [0.4, 0.5) is 0 Å². The van der Waals surface area contributed by atoms with Crippen LogP contribution in [0.25, 0.3) is 0 Å². The SMILES string of the molecule is CCCCCN1C(=O)C(O)=C(C(=O)c2sc(C)nc2C)C1c1ccc(O)cc1.